The minimum absolute atomic E-state index is 0.0751. The average molecular weight is 296 g/mol. The van der Waals surface area contributed by atoms with E-state index in [2.05, 4.69) is 5.32 Å². The molecule has 1 fully saturated rings. The predicted octanol–water partition coefficient (Wildman–Crippen LogP) is 0.188. The Morgan fingerprint density at radius 2 is 2.10 bits per heavy atom. The van der Waals surface area contributed by atoms with Crippen molar-refractivity contribution in [2.75, 3.05) is 25.0 Å². The van der Waals surface area contributed by atoms with Crippen LogP contribution in [-0.2, 0) is 4.79 Å². The topological polar surface area (TPSA) is 96.6 Å². The number of nitrogens with zero attached hydrogens (tertiary/aromatic N) is 2. The van der Waals surface area contributed by atoms with Crippen LogP contribution < -0.4 is 5.32 Å². The van der Waals surface area contributed by atoms with Gasteiger partial charge in [-0.3, -0.25) is 9.69 Å². The summed E-state index contributed by atoms with van der Waals surface area (Å²) in [5.41, 5.74) is 0.842. The molecule has 0 radical (unpaired) electrons. The van der Waals surface area contributed by atoms with Crippen LogP contribution in [0.3, 0.4) is 0 Å². The van der Waals surface area contributed by atoms with Crippen LogP contribution in [-0.4, -0.2) is 52.9 Å². The summed E-state index contributed by atoms with van der Waals surface area (Å²) in [5, 5.41) is 30.5. The monoisotopic (exact) mass is 295 g/mol. The predicted molar refractivity (Wildman–Crippen MR) is 73.3 cm³/mol. The zero-order valence-electron chi connectivity index (χ0n) is 10.6. The van der Waals surface area contributed by atoms with Gasteiger partial charge >= 0.3 is 0 Å². The quantitative estimate of drug-likeness (QED) is 0.739. The number of hydrogen-bond acceptors (Lipinski definition) is 5. The molecule has 2 atom stereocenters. The lowest BCUT2D eigenvalue weighted by Gasteiger charge is -2.14. The molecule has 0 aromatic heterocycles. The van der Waals surface area contributed by atoms with Crippen molar-refractivity contribution in [1.29, 1.82) is 5.26 Å². The summed E-state index contributed by atoms with van der Waals surface area (Å²) in [6.07, 6.45) is -1.63. The van der Waals surface area contributed by atoms with E-state index in [0.717, 1.165) is 0 Å². The molecule has 1 aromatic rings. The zero-order valence-corrected chi connectivity index (χ0v) is 11.3. The number of carbonyl (C=O) groups excluding carboxylic acids is 1. The highest BCUT2D eigenvalue weighted by atomic mass is 35.5. The second kappa shape index (κ2) is 6.20. The summed E-state index contributed by atoms with van der Waals surface area (Å²) in [6.45, 7) is 0.608. The van der Waals surface area contributed by atoms with Crippen LogP contribution in [0.4, 0.5) is 5.69 Å². The molecule has 1 heterocycles. The lowest BCUT2D eigenvalue weighted by atomic mass is 10.2. The second-order valence-corrected chi connectivity index (χ2v) is 5.09. The first-order valence-corrected chi connectivity index (χ1v) is 6.45. The van der Waals surface area contributed by atoms with Gasteiger partial charge in [0, 0.05) is 18.8 Å². The normalized spacial score (nSPS) is 22.5. The molecule has 0 bridgehead atoms. The molecule has 20 heavy (non-hydrogen) atoms. The van der Waals surface area contributed by atoms with Crippen LogP contribution in [0, 0.1) is 11.3 Å². The fraction of sp³-hybridized carbons (Fsp3) is 0.385. The molecule has 106 valence electrons. The fourth-order valence-corrected chi connectivity index (χ4v) is 2.29. The van der Waals surface area contributed by atoms with E-state index in [1.807, 2.05) is 6.07 Å². The summed E-state index contributed by atoms with van der Waals surface area (Å²) in [5.74, 6) is -0.271. The van der Waals surface area contributed by atoms with E-state index in [-0.39, 0.29) is 30.6 Å². The molecule has 6 nitrogen and oxygen atoms in total. The second-order valence-electron chi connectivity index (χ2n) is 4.68. The number of halogens is 1. The number of rotatable bonds is 3. The molecule has 0 spiro atoms. The van der Waals surface area contributed by atoms with Crippen molar-refractivity contribution in [2.24, 2.45) is 0 Å². The van der Waals surface area contributed by atoms with E-state index in [1.165, 1.54) is 12.1 Å². The van der Waals surface area contributed by atoms with Crippen molar-refractivity contribution in [3.8, 4) is 6.07 Å². The zero-order chi connectivity index (χ0) is 14.7. The van der Waals surface area contributed by atoms with E-state index in [9.17, 15) is 15.0 Å². The number of β-amino-alcohol motifs (C(OH)–C–C–N with tert-alkyl or cyclic N) is 2. The Morgan fingerprint density at radius 3 is 2.65 bits per heavy atom. The Bertz CT molecular complexity index is 548. The molecule has 1 aliphatic heterocycles. The van der Waals surface area contributed by atoms with Gasteiger partial charge in [-0.25, -0.2) is 0 Å². The minimum Gasteiger partial charge on any atom is -0.389 e. The number of nitrogens with one attached hydrogen (secondary N) is 1. The molecule has 2 unspecified atom stereocenters. The number of nitriles is 1. The SMILES string of the molecule is N#Cc1ccc(NC(=O)CN2CC(O)C(O)C2)cc1Cl. The van der Waals surface area contributed by atoms with Gasteiger partial charge in [0.1, 0.15) is 6.07 Å². The highest BCUT2D eigenvalue weighted by Gasteiger charge is 2.30. The lowest BCUT2D eigenvalue weighted by Crippen LogP contribution is -2.32. The Balaban J connectivity index is 1.92. The van der Waals surface area contributed by atoms with Crippen molar-refractivity contribution in [3.63, 3.8) is 0 Å². The van der Waals surface area contributed by atoms with Crippen molar-refractivity contribution in [2.45, 2.75) is 12.2 Å². The van der Waals surface area contributed by atoms with Crippen LogP contribution in [0.5, 0.6) is 0 Å². The van der Waals surface area contributed by atoms with Gasteiger partial charge in [-0.15, -0.1) is 0 Å². The molecule has 0 saturated carbocycles. The molecule has 7 heteroatoms. The molecule has 3 N–H and O–H groups in total. The smallest absolute Gasteiger partial charge is 0.238 e. The third kappa shape index (κ3) is 3.46. The van der Waals surface area contributed by atoms with Crippen molar-refractivity contribution < 1.29 is 15.0 Å². The van der Waals surface area contributed by atoms with Crippen molar-refractivity contribution in [1.82, 2.24) is 4.90 Å². The molecule has 1 amide bonds. The van der Waals surface area contributed by atoms with E-state index < -0.39 is 12.2 Å². The number of benzene rings is 1. The summed E-state index contributed by atoms with van der Waals surface area (Å²) in [6, 6.07) is 6.56. The van der Waals surface area contributed by atoms with Gasteiger partial charge in [-0.05, 0) is 18.2 Å². The number of aliphatic hydroxyl groups excluding tert-OH is 2. The fourth-order valence-electron chi connectivity index (χ4n) is 2.06. The first-order chi connectivity index (χ1) is 9.49. The Kier molecular flexibility index (Phi) is 4.57. The van der Waals surface area contributed by atoms with E-state index in [4.69, 9.17) is 16.9 Å². The van der Waals surface area contributed by atoms with E-state index in [0.29, 0.717) is 11.3 Å². The number of carbonyl (C=O) groups is 1. The van der Waals surface area contributed by atoms with Crippen LogP contribution in [0.2, 0.25) is 5.02 Å². The Hall–Kier alpha value is -1.65. The van der Waals surface area contributed by atoms with Crippen LogP contribution >= 0.6 is 11.6 Å². The molecule has 2 rings (SSSR count). The van der Waals surface area contributed by atoms with Crippen LogP contribution in [0.25, 0.3) is 0 Å². The number of anilines is 1. The maximum Gasteiger partial charge on any atom is 0.238 e. The van der Waals surface area contributed by atoms with Crippen molar-refractivity contribution >= 4 is 23.2 Å². The van der Waals surface area contributed by atoms with Gasteiger partial charge in [-0.2, -0.15) is 5.26 Å². The maximum atomic E-state index is 11.8. The lowest BCUT2D eigenvalue weighted by molar-refractivity contribution is -0.117. The Labute approximate surface area is 121 Å². The van der Waals surface area contributed by atoms with Crippen LogP contribution in [0.15, 0.2) is 18.2 Å². The molecular weight excluding hydrogens is 282 g/mol. The van der Waals surface area contributed by atoms with E-state index in [1.54, 1.807) is 11.0 Å². The van der Waals surface area contributed by atoms with Gasteiger partial charge < -0.3 is 15.5 Å². The molecular formula is C13H14ClN3O3. The van der Waals surface area contributed by atoms with Gasteiger partial charge in [0.05, 0.1) is 29.3 Å². The third-order valence-electron chi connectivity index (χ3n) is 3.08. The first-order valence-electron chi connectivity index (χ1n) is 6.07. The number of likely N-dealkylation sites (tertiary alicyclic amines) is 1. The average Bonchev–Trinajstić information content (AvgIpc) is 2.68. The minimum atomic E-state index is -0.813. The summed E-state index contributed by atoms with van der Waals surface area (Å²) in [4.78, 5) is 13.5. The van der Waals surface area contributed by atoms with Gasteiger partial charge in [0.2, 0.25) is 5.91 Å². The third-order valence-corrected chi connectivity index (χ3v) is 3.39. The largest absolute Gasteiger partial charge is 0.389 e. The molecule has 1 aromatic carbocycles. The van der Waals surface area contributed by atoms with Gasteiger partial charge in [0.15, 0.2) is 0 Å². The van der Waals surface area contributed by atoms with Crippen molar-refractivity contribution in [3.05, 3.63) is 28.8 Å². The van der Waals surface area contributed by atoms with Crippen LogP contribution in [0.1, 0.15) is 5.56 Å². The first kappa shape index (κ1) is 14.8. The summed E-state index contributed by atoms with van der Waals surface area (Å²) >= 11 is 5.87. The van der Waals surface area contributed by atoms with Gasteiger partial charge in [-0.1, -0.05) is 11.6 Å². The highest BCUT2D eigenvalue weighted by molar-refractivity contribution is 6.32. The number of amides is 1. The number of aliphatic hydroxyl groups is 2. The van der Waals surface area contributed by atoms with E-state index >= 15 is 0 Å². The summed E-state index contributed by atoms with van der Waals surface area (Å²) in [7, 11) is 0. The van der Waals surface area contributed by atoms with Gasteiger partial charge in [0.25, 0.3) is 0 Å². The molecule has 1 aliphatic rings. The molecule has 0 aliphatic carbocycles. The Morgan fingerprint density at radius 1 is 1.45 bits per heavy atom. The molecule has 1 saturated heterocycles. The maximum absolute atomic E-state index is 11.8. The standard InChI is InChI=1S/C13H14ClN3O3/c14-10-3-9(2-1-8(10)4-15)16-13(20)7-17-5-11(18)12(19)6-17/h1-3,11-12,18-19H,5-7H2,(H,16,20). The summed E-state index contributed by atoms with van der Waals surface area (Å²) < 4.78 is 0. The number of hydrogen-bond donors (Lipinski definition) is 3. The highest BCUT2D eigenvalue weighted by Crippen LogP contribution is 2.20.